The Hall–Kier alpha value is -2.59. The Balaban J connectivity index is 1.38. The van der Waals surface area contributed by atoms with E-state index in [0.29, 0.717) is 50.5 Å². The van der Waals surface area contributed by atoms with E-state index < -0.39 is 126 Å². The molecular weight excluding hydrogens is 756 g/mol. The van der Waals surface area contributed by atoms with Crippen molar-refractivity contribution in [3.8, 4) is 0 Å². The smallest absolute Gasteiger partial charge is 0.314 e. The molecule has 10 unspecified atom stereocenters. The Morgan fingerprint density at radius 1 is 0.825 bits per heavy atom. The van der Waals surface area contributed by atoms with Crippen LogP contribution in [-0.4, -0.2) is 153 Å². The molecule has 5 aliphatic rings. The number of ether oxygens (including phenoxy) is 4. The van der Waals surface area contributed by atoms with Crippen LogP contribution in [0.2, 0.25) is 0 Å². The lowest BCUT2D eigenvalue weighted by Gasteiger charge is -2.65. The summed E-state index contributed by atoms with van der Waals surface area (Å²) < 4.78 is 22.6. The van der Waals surface area contributed by atoms with Crippen LogP contribution in [0.3, 0.4) is 0 Å². The second-order valence-corrected chi connectivity index (χ2v) is 17.2. The standard InChI is InChI=1S/C39H62O18/c1-18-16-38-12-6-23-36(3,10-5-11-37(23,4)35(53)56-32(51)28(48)25(45)20(43)8-14-40)24(38)7-13-39(18,19(38)2)57-33(52)30(50)31(21(44)9-15-41)55-34-29(49)27(47)26(46)22(17-42)54-34/h19-24,26-27,29,32-34,40-52H,1,5-17H2,2-4H3/b28-25-,31-30+/t19-,20?,21?,22?,23?,24+,26?,27?,29?,32?,33?,34?,36-,37-,38-,39-/m1/s1. The number of aliphatic hydroxyl groups is 13. The third-order valence-electron chi connectivity index (χ3n) is 14.4. The van der Waals surface area contributed by atoms with E-state index in [9.17, 15) is 66.1 Å². The molecule has 16 atom stereocenters. The molecule has 1 aliphatic heterocycles. The van der Waals surface area contributed by atoms with Gasteiger partial charge in [-0.05, 0) is 86.0 Å². The van der Waals surface area contributed by atoms with E-state index in [4.69, 9.17) is 24.1 Å². The predicted molar refractivity (Wildman–Crippen MR) is 195 cm³/mol. The summed E-state index contributed by atoms with van der Waals surface area (Å²) in [5, 5.41) is 134. The monoisotopic (exact) mass is 818 g/mol. The van der Waals surface area contributed by atoms with Gasteiger partial charge in [0.25, 0.3) is 6.29 Å². The third kappa shape index (κ3) is 7.70. The molecule has 18 nitrogen and oxygen atoms in total. The highest BCUT2D eigenvalue weighted by molar-refractivity contribution is 5.77. The minimum atomic E-state index is -2.25. The van der Waals surface area contributed by atoms with Gasteiger partial charge in [-0.3, -0.25) is 4.79 Å². The Kier molecular flexibility index (Phi) is 13.7. The van der Waals surface area contributed by atoms with Crippen LogP contribution in [0.15, 0.2) is 35.2 Å². The Bertz CT molecular complexity index is 1530. The first-order chi connectivity index (χ1) is 26.7. The molecular formula is C39H62O18. The zero-order valence-electron chi connectivity index (χ0n) is 32.7. The van der Waals surface area contributed by atoms with Crippen LogP contribution in [0, 0.1) is 34.0 Å². The molecule has 1 spiro atoms. The van der Waals surface area contributed by atoms with Gasteiger partial charge in [0.1, 0.15) is 36.6 Å². The summed E-state index contributed by atoms with van der Waals surface area (Å²) in [6.45, 7) is 8.43. The van der Waals surface area contributed by atoms with Gasteiger partial charge in [0.2, 0.25) is 18.3 Å². The number of carbonyl (C=O) groups is 1. The van der Waals surface area contributed by atoms with Crippen LogP contribution >= 0.6 is 0 Å². The zero-order chi connectivity index (χ0) is 42.4. The van der Waals surface area contributed by atoms with Gasteiger partial charge in [-0.2, -0.15) is 0 Å². The van der Waals surface area contributed by atoms with Gasteiger partial charge in [-0.25, -0.2) is 0 Å². The molecule has 0 aromatic heterocycles. The average Bonchev–Trinajstić information content (AvgIpc) is 3.26. The van der Waals surface area contributed by atoms with Crippen LogP contribution in [0.1, 0.15) is 85.0 Å². The Morgan fingerprint density at radius 2 is 1.46 bits per heavy atom. The number of carbonyl (C=O) groups excluding carboxylic acids is 1. The van der Waals surface area contributed by atoms with Crippen molar-refractivity contribution in [2.75, 3.05) is 19.8 Å². The first-order valence-electron chi connectivity index (χ1n) is 19.7. The molecule has 0 aromatic carbocycles. The molecule has 13 N–H and O–H groups in total. The summed E-state index contributed by atoms with van der Waals surface area (Å²) in [7, 11) is 0. The highest BCUT2D eigenvalue weighted by atomic mass is 16.7. The Labute approximate surface area is 330 Å². The molecule has 326 valence electrons. The summed E-state index contributed by atoms with van der Waals surface area (Å²) in [6.07, 6.45) is -12.7. The molecule has 0 radical (unpaired) electrons. The molecule has 2 bridgehead atoms. The van der Waals surface area contributed by atoms with E-state index in [2.05, 4.69) is 13.5 Å². The molecule has 5 rings (SSSR count). The molecule has 1 heterocycles. The number of esters is 1. The normalized spacial score (nSPS) is 42.1. The summed E-state index contributed by atoms with van der Waals surface area (Å²) in [5.41, 5.74) is -2.44. The number of fused-ring (bicyclic) bond motifs is 3. The molecule has 0 amide bonds. The van der Waals surface area contributed by atoms with E-state index in [-0.39, 0.29) is 30.6 Å². The summed E-state index contributed by atoms with van der Waals surface area (Å²) >= 11 is 0. The van der Waals surface area contributed by atoms with Gasteiger partial charge in [0, 0.05) is 26.1 Å². The molecule has 57 heavy (non-hydrogen) atoms. The molecule has 4 saturated carbocycles. The van der Waals surface area contributed by atoms with Crippen LogP contribution < -0.4 is 0 Å². The molecule has 18 heteroatoms. The van der Waals surface area contributed by atoms with E-state index in [1.807, 2.05) is 6.92 Å². The first-order valence-corrected chi connectivity index (χ1v) is 19.7. The average molecular weight is 819 g/mol. The summed E-state index contributed by atoms with van der Waals surface area (Å²) in [4.78, 5) is 13.9. The molecule has 1 saturated heterocycles. The number of aliphatic hydroxyl groups excluding tert-OH is 13. The lowest BCUT2D eigenvalue weighted by molar-refractivity contribution is -0.295. The minimum Gasteiger partial charge on any atom is -0.506 e. The molecule has 4 aliphatic carbocycles. The number of hydrogen-bond donors (Lipinski definition) is 13. The van der Waals surface area contributed by atoms with Crippen LogP contribution in [-0.2, 0) is 23.7 Å². The van der Waals surface area contributed by atoms with Crippen molar-refractivity contribution >= 4 is 5.97 Å². The van der Waals surface area contributed by atoms with Gasteiger partial charge in [-0.15, -0.1) is 0 Å². The SMILES string of the molecule is C=C1C[C@@]23CCC4[C@](C)(C(=O)OC(O)/C(O)=C(/O)C(O)CCO)CCC[C@@]4(C)[C@@H]2CC[C@]1(OC(O)/C(O)=C(\OC1OC(CO)C(O)C(O)C1O)C(O)CCO)[C@@H]3C. The number of hydrogen-bond acceptors (Lipinski definition) is 18. The van der Waals surface area contributed by atoms with Crippen LogP contribution in [0.4, 0.5) is 0 Å². The van der Waals surface area contributed by atoms with Crippen molar-refractivity contribution < 1.29 is 90.1 Å². The lowest BCUT2D eigenvalue weighted by Crippen LogP contribution is -2.62. The maximum Gasteiger partial charge on any atom is 0.314 e. The largest absolute Gasteiger partial charge is 0.506 e. The quantitative estimate of drug-likeness (QED) is 0.0445. The van der Waals surface area contributed by atoms with Gasteiger partial charge < -0.3 is 85.3 Å². The Morgan fingerprint density at radius 3 is 2.09 bits per heavy atom. The molecule has 0 aromatic rings. The van der Waals surface area contributed by atoms with E-state index >= 15 is 0 Å². The fourth-order valence-corrected chi connectivity index (χ4v) is 11.4. The summed E-state index contributed by atoms with van der Waals surface area (Å²) in [6, 6.07) is 0. The van der Waals surface area contributed by atoms with Crippen LogP contribution in [0.25, 0.3) is 0 Å². The maximum absolute atomic E-state index is 13.9. The second-order valence-electron chi connectivity index (χ2n) is 17.2. The van der Waals surface area contributed by atoms with Gasteiger partial charge in [-0.1, -0.05) is 26.8 Å². The van der Waals surface area contributed by atoms with Gasteiger partial charge >= 0.3 is 5.97 Å². The second kappa shape index (κ2) is 17.2. The van der Waals surface area contributed by atoms with E-state index in [1.54, 1.807) is 6.92 Å². The predicted octanol–water partition coefficient (Wildman–Crippen LogP) is -0.0790. The van der Waals surface area contributed by atoms with Crippen molar-refractivity contribution in [3.05, 3.63) is 35.2 Å². The van der Waals surface area contributed by atoms with E-state index in [0.717, 1.165) is 6.42 Å². The van der Waals surface area contributed by atoms with Crippen molar-refractivity contribution in [2.24, 2.45) is 34.0 Å². The fraction of sp³-hybridized carbons (Fsp3) is 0.821. The minimum absolute atomic E-state index is 0.0239. The van der Waals surface area contributed by atoms with Crippen LogP contribution in [0.5, 0.6) is 0 Å². The van der Waals surface area contributed by atoms with Gasteiger partial charge in [0.15, 0.2) is 17.3 Å². The fourth-order valence-electron chi connectivity index (χ4n) is 11.4. The van der Waals surface area contributed by atoms with Crippen molar-refractivity contribution in [2.45, 2.75) is 146 Å². The van der Waals surface area contributed by atoms with E-state index in [1.165, 1.54) is 0 Å². The summed E-state index contributed by atoms with van der Waals surface area (Å²) in [5.74, 6) is -5.14. The van der Waals surface area contributed by atoms with Crippen molar-refractivity contribution in [1.82, 2.24) is 0 Å². The van der Waals surface area contributed by atoms with Crippen molar-refractivity contribution in [3.63, 3.8) is 0 Å². The third-order valence-corrected chi connectivity index (χ3v) is 14.4. The maximum atomic E-state index is 13.9. The topological polar surface area (TPSA) is 317 Å². The lowest BCUT2D eigenvalue weighted by atomic mass is 9.39. The highest BCUT2D eigenvalue weighted by Crippen LogP contribution is 2.75. The zero-order valence-corrected chi connectivity index (χ0v) is 32.7. The number of rotatable bonds is 15. The highest BCUT2D eigenvalue weighted by Gasteiger charge is 2.71. The first kappa shape index (κ1) is 45.5. The van der Waals surface area contributed by atoms with Crippen molar-refractivity contribution in [1.29, 1.82) is 0 Å². The molecule has 5 fully saturated rings. The van der Waals surface area contributed by atoms with Gasteiger partial charge in [0.05, 0.1) is 17.6 Å².